The van der Waals surface area contributed by atoms with Crippen LogP contribution in [0.1, 0.15) is 19.3 Å². The summed E-state index contributed by atoms with van der Waals surface area (Å²) >= 11 is 0. The monoisotopic (exact) mass is 233 g/mol. The van der Waals surface area contributed by atoms with Crippen molar-refractivity contribution in [3.63, 3.8) is 0 Å². The number of sulfone groups is 1. The molecule has 2 saturated heterocycles. The lowest BCUT2D eigenvalue weighted by Gasteiger charge is -2.34. The molecule has 4 nitrogen and oxygen atoms in total. The minimum Gasteiger partial charge on any atom is -0.396 e. The number of aliphatic hydroxyl groups is 1. The Morgan fingerprint density at radius 2 is 1.87 bits per heavy atom. The van der Waals surface area contributed by atoms with Crippen LogP contribution in [0.5, 0.6) is 0 Å². The predicted octanol–water partition coefficient (Wildman–Crippen LogP) is -0.122. The normalized spacial score (nSPS) is 33.3. The van der Waals surface area contributed by atoms with Gasteiger partial charge in [0.1, 0.15) is 0 Å². The molecule has 0 spiro atoms. The summed E-state index contributed by atoms with van der Waals surface area (Å²) in [5.74, 6) is 1.13. The van der Waals surface area contributed by atoms with Gasteiger partial charge < -0.3 is 5.11 Å². The largest absolute Gasteiger partial charge is 0.396 e. The van der Waals surface area contributed by atoms with Gasteiger partial charge in [0.25, 0.3) is 0 Å². The summed E-state index contributed by atoms with van der Waals surface area (Å²) in [5.41, 5.74) is 0. The molecule has 5 heteroatoms. The second-order valence-electron chi connectivity index (χ2n) is 4.72. The van der Waals surface area contributed by atoms with Gasteiger partial charge in [-0.2, -0.15) is 0 Å². The van der Waals surface area contributed by atoms with Crippen molar-refractivity contribution in [3.8, 4) is 0 Å². The van der Waals surface area contributed by atoms with Crippen LogP contribution in [0.25, 0.3) is 0 Å². The predicted molar refractivity (Wildman–Crippen MR) is 58.4 cm³/mol. The summed E-state index contributed by atoms with van der Waals surface area (Å²) in [5, 5.41) is 9.01. The van der Waals surface area contributed by atoms with Gasteiger partial charge in [0, 0.05) is 12.6 Å². The molecule has 2 rings (SSSR count). The van der Waals surface area contributed by atoms with E-state index in [9.17, 15) is 8.42 Å². The van der Waals surface area contributed by atoms with Crippen LogP contribution in [-0.2, 0) is 9.84 Å². The molecule has 15 heavy (non-hydrogen) atoms. The topological polar surface area (TPSA) is 57.6 Å². The van der Waals surface area contributed by atoms with Crippen LogP contribution in [0, 0.1) is 5.92 Å². The van der Waals surface area contributed by atoms with E-state index in [2.05, 4.69) is 4.90 Å². The van der Waals surface area contributed by atoms with Crippen molar-refractivity contribution in [1.29, 1.82) is 0 Å². The third-order valence-corrected chi connectivity index (χ3v) is 5.38. The Labute approximate surface area is 91.2 Å². The van der Waals surface area contributed by atoms with Gasteiger partial charge in [-0.25, -0.2) is 8.42 Å². The minimum absolute atomic E-state index is 0.245. The maximum Gasteiger partial charge on any atom is 0.151 e. The zero-order valence-corrected chi connectivity index (χ0v) is 9.75. The van der Waals surface area contributed by atoms with Crippen molar-refractivity contribution in [1.82, 2.24) is 4.90 Å². The molecule has 88 valence electrons. The van der Waals surface area contributed by atoms with E-state index in [0.717, 1.165) is 32.4 Å². The van der Waals surface area contributed by atoms with Crippen LogP contribution < -0.4 is 0 Å². The fourth-order valence-electron chi connectivity index (χ4n) is 2.56. The number of piperidine rings is 1. The fourth-order valence-corrected chi connectivity index (χ4v) is 4.33. The van der Waals surface area contributed by atoms with Gasteiger partial charge in [-0.15, -0.1) is 0 Å². The molecule has 0 aromatic heterocycles. The van der Waals surface area contributed by atoms with E-state index in [1.165, 1.54) is 0 Å². The SMILES string of the molecule is O=S1(=O)CC[C@@H](N2CCC(CO)CC2)C1. The lowest BCUT2D eigenvalue weighted by atomic mass is 9.96. The highest BCUT2D eigenvalue weighted by molar-refractivity contribution is 7.91. The average Bonchev–Trinajstić information content (AvgIpc) is 2.59. The molecule has 2 aliphatic heterocycles. The molecule has 2 fully saturated rings. The first-order chi connectivity index (χ1) is 7.11. The van der Waals surface area contributed by atoms with Crippen LogP contribution in [0.3, 0.4) is 0 Å². The van der Waals surface area contributed by atoms with Crippen LogP contribution in [0.2, 0.25) is 0 Å². The van der Waals surface area contributed by atoms with Gasteiger partial charge in [0.2, 0.25) is 0 Å². The zero-order chi connectivity index (χ0) is 10.9. The number of aliphatic hydroxyl groups excluding tert-OH is 1. The Morgan fingerprint density at radius 1 is 1.20 bits per heavy atom. The smallest absolute Gasteiger partial charge is 0.151 e. The zero-order valence-electron chi connectivity index (χ0n) is 8.93. The average molecular weight is 233 g/mol. The Bertz CT molecular complexity index is 307. The van der Waals surface area contributed by atoms with Crippen molar-refractivity contribution in [2.24, 2.45) is 5.92 Å². The quantitative estimate of drug-likeness (QED) is 0.722. The highest BCUT2D eigenvalue weighted by atomic mass is 32.2. The molecule has 0 radical (unpaired) electrons. The number of likely N-dealkylation sites (tertiary alicyclic amines) is 1. The van der Waals surface area contributed by atoms with Crippen molar-refractivity contribution in [2.45, 2.75) is 25.3 Å². The van der Waals surface area contributed by atoms with Gasteiger partial charge in [-0.05, 0) is 38.3 Å². The fraction of sp³-hybridized carbons (Fsp3) is 1.00. The molecule has 0 aromatic carbocycles. The van der Waals surface area contributed by atoms with Gasteiger partial charge in [-0.1, -0.05) is 0 Å². The van der Waals surface area contributed by atoms with Crippen LogP contribution >= 0.6 is 0 Å². The summed E-state index contributed by atoms with van der Waals surface area (Å²) in [4.78, 5) is 2.29. The summed E-state index contributed by atoms with van der Waals surface area (Å²) in [7, 11) is -2.75. The number of nitrogens with zero attached hydrogens (tertiary/aromatic N) is 1. The molecule has 0 amide bonds. The lowest BCUT2D eigenvalue weighted by molar-refractivity contribution is 0.108. The minimum atomic E-state index is -2.75. The number of rotatable bonds is 2. The van der Waals surface area contributed by atoms with E-state index in [4.69, 9.17) is 5.11 Å². The second kappa shape index (κ2) is 4.39. The Balaban J connectivity index is 1.87. The molecule has 0 bridgehead atoms. The molecule has 1 atom stereocenters. The van der Waals surface area contributed by atoms with Gasteiger partial charge >= 0.3 is 0 Å². The van der Waals surface area contributed by atoms with Crippen molar-refractivity contribution < 1.29 is 13.5 Å². The molecule has 0 aliphatic carbocycles. The molecule has 0 aromatic rings. The number of hydrogen-bond donors (Lipinski definition) is 1. The number of hydrogen-bond acceptors (Lipinski definition) is 4. The standard InChI is InChI=1S/C10H19NO3S/c12-7-9-1-4-11(5-2-9)10-3-6-15(13,14)8-10/h9-10,12H,1-8H2/t10-/m1/s1. The molecule has 0 unspecified atom stereocenters. The van der Waals surface area contributed by atoms with Crippen LogP contribution in [-0.4, -0.2) is 55.7 Å². The third-order valence-electron chi connectivity index (χ3n) is 3.63. The molecule has 1 N–H and O–H groups in total. The molecular formula is C10H19NO3S. The van der Waals surface area contributed by atoms with Crippen molar-refractivity contribution in [3.05, 3.63) is 0 Å². The highest BCUT2D eigenvalue weighted by Crippen LogP contribution is 2.23. The van der Waals surface area contributed by atoms with E-state index in [1.807, 2.05) is 0 Å². The maximum absolute atomic E-state index is 11.3. The van der Waals surface area contributed by atoms with Crippen LogP contribution in [0.15, 0.2) is 0 Å². The van der Waals surface area contributed by atoms with Crippen molar-refractivity contribution >= 4 is 9.84 Å². The van der Waals surface area contributed by atoms with Crippen molar-refractivity contribution in [2.75, 3.05) is 31.2 Å². The van der Waals surface area contributed by atoms with E-state index in [0.29, 0.717) is 17.4 Å². The summed E-state index contributed by atoms with van der Waals surface area (Å²) < 4.78 is 22.7. The van der Waals surface area contributed by atoms with E-state index >= 15 is 0 Å². The Hall–Kier alpha value is -0.130. The molecule has 0 saturated carbocycles. The van der Waals surface area contributed by atoms with Gasteiger partial charge in [0.15, 0.2) is 9.84 Å². The van der Waals surface area contributed by atoms with Crippen LogP contribution in [0.4, 0.5) is 0 Å². The Morgan fingerprint density at radius 3 is 2.33 bits per heavy atom. The summed E-state index contributed by atoms with van der Waals surface area (Å²) in [6, 6.07) is 0.245. The van der Waals surface area contributed by atoms with Gasteiger partial charge in [0.05, 0.1) is 11.5 Å². The molecular weight excluding hydrogens is 214 g/mol. The van der Waals surface area contributed by atoms with E-state index in [1.54, 1.807) is 0 Å². The highest BCUT2D eigenvalue weighted by Gasteiger charge is 2.33. The second-order valence-corrected chi connectivity index (χ2v) is 6.95. The lowest BCUT2D eigenvalue weighted by Crippen LogP contribution is -2.42. The van der Waals surface area contributed by atoms with Gasteiger partial charge in [-0.3, -0.25) is 4.90 Å². The maximum atomic E-state index is 11.3. The molecule has 2 heterocycles. The Kier molecular flexibility index (Phi) is 3.33. The summed E-state index contributed by atoms with van der Waals surface area (Å²) in [6.07, 6.45) is 2.81. The first-order valence-electron chi connectivity index (χ1n) is 5.66. The first kappa shape index (κ1) is 11.4. The first-order valence-corrected chi connectivity index (χ1v) is 7.48. The summed E-state index contributed by atoms with van der Waals surface area (Å²) in [6.45, 7) is 2.17. The van der Waals surface area contributed by atoms with E-state index in [-0.39, 0.29) is 12.6 Å². The van der Waals surface area contributed by atoms with E-state index < -0.39 is 9.84 Å². The molecule has 2 aliphatic rings. The third kappa shape index (κ3) is 2.71.